The molecule has 6 nitrogen and oxygen atoms in total. The number of rotatable bonds is 5. The molecule has 2 aliphatic heterocycles. The normalized spacial score (nSPS) is 20.3. The van der Waals surface area contributed by atoms with Gasteiger partial charge in [0.15, 0.2) is 0 Å². The average molecular weight is 356 g/mol. The van der Waals surface area contributed by atoms with Crippen LogP contribution in [0.3, 0.4) is 0 Å². The Morgan fingerprint density at radius 2 is 2.21 bits per heavy atom. The molecule has 3 rings (SSSR count). The number of nitrogens with one attached hydrogen (secondary N) is 2. The van der Waals surface area contributed by atoms with Gasteiger partial charge in [0.25, 0.3) is 0 Å². The van der Waals surface area contributed by atoms with Crippen molar-refractivity contribution in [2.75, 3.05) is 53.0 Å². The van der Waals surface area contributed by atoms with Crippen molar-refractivity contribution >= 4 is 18.3 Å². The summed E-state index contributed by atoms with van der Waals surface area (Å²) >= 11 is 0. The monoisotopic (exact) mass is 355 g/mol. The van der Waals surface area contributed by atoms with E-state index in [4.69, 9.17) is 9.47 Å². The van der Waals surface area contributed by atoms with Crippen LogP contribution in [-0.2, 0) is 11.2 Å². The fourth-order valence-electron chi connectivity index (χ4n) is 3.08. The van der Waals surface area contributed by atoms with Crippen LogP contribution in [0.4, 0.5) is 0 Å². The highest BCUT2D eigenvalue weighted by Gasteiger charge is 2.26. The van der Waals surface area contributed by atoms with Crippen LogP contribution in [0, 0.1) is 5.92 Å². The van der Waals surface area contributed by atoms with Gasteiger partial charge in [0, 0.05) is 39.3 Å². The quantitative estimate of drug-likeness (QED) is 0.813. The molecule has 7 heteroatoms. The van der Waals surface area contributed by atoms with Crippen LogP contribution in [0.2, 0.25) is 0 Å². The van der Waals surface area contributed by atoms with Crippen molar-refractivity contribution in [3.8, 4) is 11.5 Å². The Bertz CT molecular complexity index is 550. The standard InChI is InChI=1S/C17H25N3O3.ClH/c1-22-15-2-3-16-13(11-15)10-14(12-23-16)17(21)19-6-9-20-7-4-18-5-8-20;/h2-3,11,14,18H,4-10,12H2,1H3,(H,19,21);1H. The molecule has 0 bridgehead atoms. The molecule has 0 radical (unpaired) electrons. The van der Waals surface area contributed by atoms with E-state index in [1.165, 1.54) is 0 Å². The first-order chi connectivity index (χ1) is 11.3. The number of amides is 1. The van der Waals surface area contributed by atoms with E-state index in [-0.39, 0.29) is 24.2 Å². The van der Waals surface area contributed by atoms with Crippen molar-refractivity contribution in [1.82, 2.24) is 15.5 Å². The molecule has 1 aromatic rings. The molecular weight excluding hydrogens is 330 g/mol. The summed E-state index contributed by atoms with van der Waals surface area (Å²) in [5, 5.41) is 6.38. The number of hydrogen-bond donors (Lipinski definition) is 2. The molecule has 0 aliphatic carbocycles. The van der Waals surface area contributed by atoms with Gasteiger partial charge < -0.3 is 20.1 Å². The van der Waals surface area contributed by atoms with Crippen molar-refractivity contribution in [2.24, 2.45) is 5.92 Å². The summed E-state index contributed by atoms with van der Waals surface area (Å²) in [6.45, 7) is 6.21. The highest BCUT2D eigenvalue weighted by atomic mass is 35.5. The SMILES string of the molecule is COc1ccc2c(c1)CC(C(=O)NCCN1CCNCC1)CO2.Cl. The number of benzene rings is 1. The number of fused-ring (bicyclic) bond motifs is 1. The lowest BCUT2D eigenvalue weighted by Crippen LogP contribution is -2.47. The third kappa shape index (κ3) is 4.75. The molecule has 0 spiro atoms. The minimum Gasteiger partial charge on any atom is -0.497 e. The molecule has 1 aromatic carbocycles. The zero-order valence-electron chi connectivity index (χ0n) is 14.0. The van der Waals surface area contributed by atoms with Crippen LogP contribution in [0.5, 0.6) is 11.5 Å². The van der Waals surface area contributed by atoms with E-state index in [1.807, 2.05) is 18.2 Å². The van der Waals surface area contributed by atoms with E-state index in [0.29, 0.717) is 19.6 Å². The molecule has 1 atom stereocenters. The number of nitrogens with zero attached hydrogens (tertiary/aromatic N) is 1. The molecule has 1 amide bonds. The predicted octanol–water partition coefficient (Wildman–Crippen LogP) is 0.690. The summed E-state index contributed by atoms with van der Waals surface area (Å²) in [5.74, 6) is 1.61. The van der Waals surface area contributed by atoms with Crippen LogP contribution in [-0.4, -0.2) is 63.8 Å². The molecule has 134 valence electrons. The van der Waals surface area contributed by atoms with E-state index in [2.05, 4.69) is 15.5 Å². The van der Waals surface area contributed by atoms with Crippen LogP contribution >= 0.6 is 12.4 Å². The second-order valence-electron chi connectivity index (χ2n) is 6.07. The van der Waals surface area contributed by atoms with Crippen molar-refractivity contribution in [1.29, 1.82) is 0 Å². The van der Waals surface area contributed by atoms with E-state index in [0.717, 1.165) is 49.8 Å². The van der Waals surface area contributed by atoms with Gasteiger partial charge in [-0.1, -0.05) is 0 Å². The molecule has 24 heavy (non-hydrogen) atoms. The number of carbonyl (C=O) groups is 1. The minimum absolute atomic E-state index is 0. The van der Waals surface area contributed by atoms with Crippen molar-refractivity contribution < 1.29 is 14.3 Å². The van der Waals surface area contributed by atoms with Gasteiger partial charge in [0.2, 0.25) is 5.91 Å². The van der Waals surface area contributed by atoms with E-state index >= 15 is 0 Å². The Morgan fingerprint density at radius 3 is 2.96 bits per heavy atom. The number of methoxy groups -OCH3 is 1. The van der Waals surface area contributed by atoms with Crippen LogP contribution in [0.25, 0.3) is 0 Å². The summed E-state index contributed by atoms with van der Waals surface area (Å²) in [7, 11) is 1.64. The number of carbonyl (C=O) groups excluding carboxylic acids is 1. The molecule has 1 fully saturated rings. The van der Waals surface area contributed by atoms with Crippen LogP contribution in [0.15, 0.2) is 18.2 Å². The highest BCUT2D eigenvalue weighted by molar-refractivity contribution is 5.85. The predicted molar refractivity (Wildman–Crippen MR) is 95.3 cm³/mol. The van der Waals surface area contributed by atoms with Gasteiger partial charge in [-0.3, -0.25) is 9.69 Å². The molecule has 2 N–H and O–H groups in total. The Balaban J connectivity index is 0.00000208. The molecular formula is C17H26ClN3O3. The number of piperazine rings is 1. The van der Waals surface area contributed by atoms with Gasteiger partial charge in [-0.2, -0.15) is 0 Å². The Morgan fingerprint density at radius 1 is 1.42 bits per heavy atom. The first kappa shape index (κ1) is 18.8. The van der Waals surface area contributed by atoms with Gasteiger partial charge in [0.05, 0.1) is 13.0 Å². The van der Waals surface area contributed by atoms with E-state index in [1.54, 1.807) is 7.11 Å². The molecule has 0 aromatic heterocycles. The zero-order valence-corrected chi connectivity index (χ0v) is 14.9. The van der Waals surface area contributed by atoms with Gasteiger partial charge >= 0.3 is 0 Å². The largest absolute Gasteiger partial charge is 0.497 e. The van der Waals surface area contributed by atoms with Crippen LogP contribution in [0.1, 0.15) is 5.56 Å². The lowest BCUT2D eigenvalue weighted by molar-refractivity contribution is -0.126. The fraction of sp³-hybridized carbons (Fsp3) is 0.588. The maximum Gasteiger partial charge on any atom is 0.226 e. The Hall–Kier alpha value is -1.50. The number of hydrogen-bond acceptors (Lipinski definition) is 5. The second-order valence-corrected chi connectivity index (χ2v) is 6.07. The van der Waals surface area contributed by atoms with Gasteiger partial charge in [-0.05, 0) is 30.2 Å². The maximum atomic E-state index is 12.4. The van der Waals surface area contributed by atoms with Crippen LogP contribution < -0.4 is 20.1 Å². The van der Waals surface area contributed by atoms with E-state index < -0.39 is 0 Å². The molecule has 1 saturated heterocycles. The van der Waals surface area contributed by atoms with Gasteiger partial charge in [-0.25, -0.2) is 0 Å². The molecule has 1 unspecified atom stereocenters. The van der Waals surface area contributed by atoms with Gasteiger partial charge in [0.1, 0.15) is 18.1 Å². The first-order valence-electron chi connectivity index (χ1n) is 8.27. The fourth-order valence-corrected chi connectivity index (χ4v) is 3.08. The third-order valence-electron chi connectivity index (χ3n) is 4.48. The maximum absolute atomic E-state index is 12.4. The topological polar surface area (TPSA) is 62.8 Å². The second kappa shape index (κ2) is 9.11. The highest BCUT2D eigenvalue weighted by Crippen LogP contribution is 2.30. The number of halogens is 1. The summed E-state index contributed by atoms with van der Waals surface area (Å²) < 4.78 is 11.0. The summed E-state index contributed by atoms with van der Waals surface area (Å²) in [4.78, 5) is 14.7. The minimum atomic E-state index is -0.127. The van der Waals surface area contributed by atoms with Crippen molar-refractivity contribution in [2.45, 2.75) is 6.42 Å². The van der Waals surface area contributed by atoms with Crippen molar-refractivity contribution in [3.05, 3.63) is 23.8 Å². The summed E-state index contributed by atoms with van der Waals surface area (Å²) in [6, 6.07) is 5.74. The van der Waals surface area contributed by atoms with Gasteiger partial charge in [-0.15, -0.1) is 12.4 Å². The molecule has 2 heterocycles. The average Bonchev–Trinajstić information content (AvgIpc) is 2.61. The summed E-state index contributed by atoms with van der Waals surface area (Å²) in [6.07, 6.45) is 0.700. The molecule has 2 aliphatic rings. The zero-order chi connectivity index (χ0) is 16.1. The molecule has 0 saturated carbocycles. The summed E-state index contributed by atoms with van der Waals surface area (Å²) in [5.41, 5.74) is 1.04. The lowest BCUT2D eigenvalue weighted by Gasteiger charge is -2.28. The van der Waals surface area contributed by atoms with Crippen molar-refractivity contribution in [3.63, 3.8) is 0 Å². The smallest absolute Gasteiger partial charge is 0.226 e. The number of ether oxygens (including phenoxy) is 2. The first-order valence-corrected chi connectivity index (χ1v) is 8.27. The Kier molecular flexibility index (Phi) is 7.15. The third-order valence-corrected chi connectivity index (χ3v) is 4.48. The van der Waals surface area contributed by atoms with E-state index in [9.17, 15) is 4.79 Å². The Labute approximate surface area is 149 Å². The lowest BCUT2D eigenvalue weighted by atomic mass is 9.96.